The first-order chi connectivity index (χ1) is 73.5. The van der Waals surface area contributed by atoms with Gasteiger partial charge >= 0.3 is 0 Å². The molecule has 20 heterocycles. The van der Waals surface area contributed by atoms with E-state index in [1.807, 2.05) is 165 Å². The summed E-state index contributed by atoms with van der Waals surface area (Å²) in [6.07, 6.45) is 42.0. The maximum absolute atomic E-state index is 14.8. The van der Waals surface area contributed by atoms with Gasteiger partial charge in [-0.25, -0.2) is 24.3 Å². The maximum Gasteiger partial charge on any atom is 0.276 e. The summed E-state index contributed by atoms with van der Waals surface area (Å²) in [6.45, 7) is 24.9. The van der Waals surface area contributed by atoms with Crippen LogP contribution in [0.5, 0.6) is 0 Å². The Morgan fingerprint density at radius 2 is 0.647 bits per heavy atom. The first kappa shape index (κ1) is 101. The molecule has 4 aromatic carbocycles. The number of aliphatic hydroxyl groups excluding tert-OH is 1. The molecule has 8 fully saturated rings. The molecule has 0 spiro atoms. The van der Waals surface area contributed by atoms with E-state index >= 15 is 0 Å². The molecule has 9 N–H and O–H groups in total. The smallest absolute Gasteiger partial charge is 0.276 e. The van der Waals surface area contributed by atoms with Crippen LogP contribution in [0.2, 0.25) is 0 Å². The molecule has 24 rings (SSSR count). The van der Waals surface area contributed by atoms with E-state index in [1.54, 1.807) is 18.6 Å². The number of morpholine rings is 1. The lowest BCUT2D eigenvalue weighted by molar-refractivity contribution is 0.0792. The van der Waals surface area contributed by atoms with E-state index in [2.05, 4.69) is 167 Å². The van der Waals surface area contributed by atoms with Crippen molar-refractivity contribution >= 4 is 113 Å². The molecule has 0 radical (unpaired) electrons. The standard InChI is InChI=1S/C30H35N7O.C29H33N7O.C28H30FN7O2.C28H31N7O2/c1-21-9-13-37(14-10-21)28-8-6-25(19-32-28)33-30(38)29-26-16-23(5-7-27(26)34-35-29)24-15-22(17-31-18-24)20-36-11-3-2-4-12-36;1-20-13-24(18-31-28(20)36-11-5-6-12-36)32-29(37)27-25-15-22(7-8-26(25)33-34-27)23-14-21(16-30-17-23)19-35-9-3-2-4-10-35;29-24-14-22(17-31-27(24)36-8-10-38-11-9-36)32-28(37)26-23-13-20(4-5-25(23)33-34-26)21-12-19(15-30-16-21)18-35-6-2-1-3-7-35;36-23-7-11-34(12-8-23)18-19-13-21(16-29-15-19)20-3-5-25-24(14-20)27(33-32-25)28(37)31-22-4-6-26(30-17-22)35-9-1-2-10-35/h5-8,15-19,21H,2-4,9-14,20H2,1H3,(H,33,38)(H,34,35);7-8,13-18H,2-6,9-12,19H2,1H3,(H,32,37)(H,33,34);4-5,12-17H,1-3,6-11,18H2,(H,32,37)(H,33,34);3-6,13-17,23,36H,1-2,7-12,18H2,(H,31,37)(H,32,33). The van der Waals surface area contributed by atoms with E-state index in [4.69, 9.17) is 4.74 Å². The average molecular weight is 2020 g/mol. The molecule has 772 valence electrons. The summed E-state index contributed by atoms with van der Waals surface area (Å²) in [5.41, 5.74) is 20.5. The van der Waals surface area contributed by atoms with Gasteiger partial charge in [0.1, 0.15) is 17.5 Å². The molecule has 8 aliphatic rings. The number of pyridine rings is 8. The van der Waals surface area contributed by atoms with Gasteiger partial charge in [0.25, 0.3) is 23.6 Å². The normalized spacial score (nSPS) is 16.8. The number of nitrogens with zero attached hydrogens (tertiary/aromatic N) is 20. The van der Waals surface area contributed by atoms with Crippen LogP contribution >= 0.6 is 0 Å². The monoisotopic (exact) mass is 2020 g/mol. The predicted molar refractivity (Wildman–Crippen MR) is 585 cm³/mol. The number of aromatic amines is 4. The number of likely N-dealkylation sites (tertiary alicyclic amines) is 4. The number of nitrogens with one attached hydrogen (secondary N) is 8. The van der Waals surface area contributed by atoms with E-state index < -0.39 is 11.7 Å². The molecule has 150 heavy (non-hydrogen) atoms. The van der Waals surface area contributed by atoms with Crippen LogP contribution in [0.25, 0.3) is 88.1 Å². The van der Waals surface area contributed by atoms with Crippen LogP contribution in [0.3, 0.4) is 0 Å². The molecule has 8 saturated heterocycles. The minimum absolute atomic E-state index is 0.181. The summed E-state index contributed by atoms with van der Waals surface area (Å²) in [5.74, 6) is 2.22. The number of halogens is 1. The van der Waals surface area contributed by atoms with Crippen molar-refractivity contribution in [3.63, 3.8) is 0 Å². The highest BCUT2D eigenvalue weighted by molar-refractivity contribution is 6.15. The topological polar surface area (TPSA) is 390 Å². The highest BCUT2D eigenvalue weighted by atomic mass is 19.1. The fourth-order valence-corrected chi connectivity index (χ4v) is 21.5. The van der Waals surface area contributed by atoms with E-state index in [9.17, 15) is 28.7 Å². The van der Waals surface area contributed by atoms with Crippen molar-refractivity contribution < 1.29 is 33.4 Å². The van der Waals surface area contributed by atoms with Crippen LogP contribution in [0.1, 0.15) is 186 Å². The van der Waals surface area contributed by atoms with Crippen LogP contribution < -0.4 is 40.9 Å². The van der Waals surface area contributed by atoms with Crippen molar-refractivity contribution in [3.8, 4) is 44.5 Å². The minimum Gasteiger partial charge on any atom is -0.393 e. The molecule has 8 aliphatic heterocycles. The van der Waals surface area contributed by atoms with Crippen LogP contribution in [0.4, 0.5) is 50.4 Å². The Morgan fingerprint density at radius 1 is 0.327 bits per heavy atom. The van der Waals surface area contributed by atoms with E-state index in [0.717, 1.165) is 248 Å². The third-order valence-corrected chi connectivity index (χ3v) is 29.8. The van der Waals surface area contributed by atoms with Gasteiger partial charge in [0.05, 0.1) is 88.9 Å². The van der Waals surface area contributed by atoms with Gasteiger partial charge in [0.2, 0.25) is 0 Å². The lowest BCUT2D eigenvalue weighted by atomic mass is 9.99. The number of amides is 4. The van der Waals surface area contributed by atoms with Crippen molar-refractivity contribution in [2.45, 2.75) is 155 Å². The number of H-pyrrole nitrogens is 4. The number of hydrogen-bond acceptors (Lipinski definition) is 26. The lowest BCUT2D eigenvalue weighted by Crippen LogP contribution is -2.37. The number of aliphatic hydroxyl groups is 1. The second-order valence-corrected chi connectivity index (χ2v) is 40.9. The first-order valence-corrected chi connectivity index (χ1v) is 53.2. The minimum atomic E-state index is -0.490. The van der Waals surface area contributed by atoms with Crippen LogP contribution in [-0.4, -0.2) is 253 Å². The number of anilines is 8. The maximum atomic E-state index is 14.8. The van der Waals surface area contributed by atoms with Crippen LogP contribution in [0.15, 0.2) is 208 Å². The molecular weight excluding hydrogens is 1890 g/mol. The first-order valence-electron chi connectivity index (χ1n) is 53.2. The molecule has 0 aliphatic carbocycles. The second kappa shape index (κ2) is 47.5. The molecule has 4 amide bonds. The van der Waals surface area contributed by atoms with Gasteiger partial charge in [0.15, 0.2) is 34.4 Å². The number of carbonyl (C=O) groups excluding carboxylic acids is 4. The van der Waals surface area contributed by atoms with Crippen LogP contribution in [-0.2, 0) is 30.9 Å². The van der Waals surface area contributed by atoms with Gasteiger partial charge in [0, 0.05) is 191 Å². The van der Waals surface area contributed by atoms with Crippen molar-refractivity contribution in [2.75, 3.05) is 159 Å². The summed E-state index contributed by atoms with van der Waals surface area (Å²) in [5, 5.41) is 53.5. The van der Waals surface area contributed by atoms with Crippen molar-refractivity contribution in [3.05, 3.63) is 264 Å². The molecular formula is C115H129FN28O6. The molecule has 0 unspecified atom stereocenters. The zero-order valence-electron chi connectivity index (χ0n) is 85.2. The van der Waals surface area contributed by atoms with E-state index in [1.165, 1.54) is 125 Å². The number of aromatic nitrogens is 16. The SMILES string of the molecule is CC1CCN(c2ccc(NC(=O)c3n[nH]c4ccc(-c5cncc(CN6CCCCC6)c5)cc34)cn2)CC1.Cc1cc(NC(=O)c2n[nH]c3ccc(-c4cncc(CN5CCCCC5)c4)cc23)cnc1N1CCCC1.O=C(Nc1ccc(N2CCCC2)nc1)c1n[nH]c2ccc(-c3cncc(CN4CCC(O)CC4)c3)cc12.O=C(Nc1cnc(N2CCOCC2)c(F)c1)c1n[nH]c2ccc(-c3cncc(CN4CCCCC4)c3)cc12. The number of benzene rings is 4. The summed E-state index contributed by atoms with van der Waals surface area (Å²) in [7, 11) is 0. The number of carbonyl (C=O) groups is 4. The van der Waals surface area contributed by atoms with Crippen molar-refractivity contribution in [1.29, 1.82) is 0 Å². The summed E-state index contributed by atoms with van der Waals surface area (Å²) < 4.78 is 20.1. The molecule has 34 nitrogen and oxygen atoms in total. The number of fused-ring (bicyclic) bond motifs is 4. The lowest BCUT2D eigenvalue weighted by Gasteiger charge is -2.31. The quantitative estimate of drug-likeness (QED) is 0.0271. The Morgan fingerprint density at radius 3 is 1.00 bits per heavy atom. The number of piperidine rings is 5. The summed E-state index contributed by atoms with van der Waals surface area (Å²) in [4.78, 5) is 107. The number of ether oxygens (including phenoxy) is 1. The van der Waals surface area contributed by atoms with Crippen molar-refractivity contribution in [2.24, 2.45) is 5.92 Å². The van der Waals surface area contributed by atoms with Gasteiger partial charge < -0.3 is 50.7 Å². The number of rotatable bonds is 24. The summed E-state index contributed by atoms with van der Waals surface area (Å²) >= 11 is 0. The largest absolute Gasteiger partial charge is 0.393 e. The Labute approximate surface area is 870 Å². The third kappa shape index (κ3) is 24.8. The molecule has 0 atom stereocenters. The Kier molecular flexibility index (Phi) is 31.9. The van der Waals surface area contributed by atoms with Gasteiger partial charge in [-0.15, -0.1) is 0 Å². The fraction of sp³-hybridized carbons (Fsp3) is 0.374. The van der Waals surface area contributed by atoms with Gasteiger partial charge in [-0.1, -0.05) is 50.5 Å². The highest BCUT2D eigenvalue weighted by Crippen LogP contribution is 2.37. The molecule has 0 saturated carbocycles. The van der Waals surface area contributed by atoms with Gasteiger partial charge in [-0.2, -0.15) is 20.4 Å². The highest BCUT2D eigenvalue weighted by Gasteiger charge is 2.29. The molecule has 0 bridgehead atoms. The zero-order valence-corrected chi connectivity index (χ0v) is 85.2. The average Bonchev–Trinajstić information content (AvgIpc) is 1.65. The Hall–Kier alpha value is -15.3. The number of aryl methyl sites for hydroxylation is 1. The zero-order chi connectivity index (χ0) is 102. The molecule has 35 heteroatoms. The Balaban J connectivity index is 0.000000117. The Bertz CT molecular complexity index is 7390. The van der Waals surface area contributed by atoms with Crippen LogP contribution in [0, 0.1) is 18.7 Å². The predicted octanol–water partition coefficient (Wildman–Crippen LogP) is 18.7. The fourth-order valence-electron chi connectivity index (χ4n) is 21.5. The second-order valence-electron chi connectivity index (χ2n) is 40.9. The van der Waals surface area contributed by atoms with Crippen molar-refractivity contribution in [1.82, 2.24) is 100 Å². The number of hydrogen-bond donors (Lipinski definition) is 9. The van der Waals surface area contributed by atoms with Gasteiger partial charge in [-0.05, 0) is 295 Å². The van der Waals surface area contributed by atoms with E-state index in [-0.39, 0.29) is 41.0 Å². The molecule has 16 aromatic rings. The van der Waals surface area contributed by atoms with E-state index in [0.29, 0.717) is 65.8 Å². The summed E-state index contributed by atoms with van der Waals surface area (Å²) in [6, 6.07) is 43.6. The molecule has 12 aromatic heterocycles. The third-order valence-electron chi connectivity index (χ3n) is 29.8. The van der Waals surface area contributed by atoms with Gasteiger partial charge in [-0.3, -0.25) is 79.1 Å².